The molecule has 26 heavy (non-hydrogen) atoms. The number of halogens is 1. The Morgan fingerprint density at radius 2 is 2.00 bits per heavy atom. The molecule has 0 bridgehead atoms. The quantitative estimate of drug-likeness (QED) is 0.315. The maximum absolute atomic E-state index is 12.5. The third-order valence-corrected chi connectivity index (χ3v) is 4.22. The predicted octanol–water partition coefficient (Wildman–Crippen LogP) is 3.58. The Hall–Kier alpha value is -2.86. The van der Waals surface area contributed by atoms with Crippen LogP contribution in [0.15, 0.2) is 54.2 Å². The van der Waals surface area contributed by atoms with E-state index in [9.17, 15) is 14.9 Å². The minimum Gasteiger partial charge on any atom is -0.399 e. The number of nitriles is 1. The van der Waals surface area contributed by atoms with Crippen LogP contribution in [0, 0.1) is 21.8 Å². The molecule has 0 saturated carbocycles. The summed E-state index contributed by atoms with van der Waals surface area (Å²) in [6.07, 6.45) is 1.22. The fourth-order valence-corrected chi connectivity index (χ4v) is 2.89. The molecule has 0 aliphatic carbocycles. The van der Waals surface area contributed by atoms with Gasteiger partial charge in [-0.2, -0.15) is 5.26 Å². The molecule has 0 spiro atoms. The van der Waals surface area contributed by atoms with E-state index in [1.165, 1.54) is 18.0 Å². The van der Waals surface area contributed by atoms with E-state index in [0.717, 1.165) is 9.13 Å². The van der Waals surface area contributed by atoms with Crippen molar-refractivity contribution in [3.8, 4) is 6.07 Å². The lowest BCUT2D eigenvalue weighted by Crippen LogP contribution is -2.25. The largest absolute Gasteiger partial charge is 0.399 e. The SMILES string of the molecule is CC(=O)N(/C=C(/C#N)C(=O)Nc1ccc(I)cc1C)c1cccc(N)c1. The molecule has 2 aromatic rings. The molecule has 0 unspecified atom stereocenters. The van der Waals surface area contributed by atoms with Gasteiger partial charge >= 0.3 is 0 Å². The number of hydrogen-bond acceptors (Lipinski definition) is 4. The highest BCUT2D eigenvalue weighted by Gasteiger charge is 2.16. The van der Waals surface area contributed by atoms with Crippen LogP contribution in [-0.4, -0.2) is 11.8 Å². The summed E-state index contributed by atoms with van der Waals surface area (Å²) in [5.41, 5.74) is 7.98. The molecule has 7 heteroatoms. The summed E-state index contributed by atoms with van der Waals surface area (Å²) in [5, 5.41) is 12.1. The average Bonchev–Trinajstić information content (AvgIpc) is 2.57. The standard InChI is InChI=1S/C19H17IN4O2/c1-12-8-15(20)6-7-18(12)23-19(26)14(10-21)11-24(13(2)25)17-5-3-4-16(22)9-17/h3-9,11H,22H2,1-2H3,(H,23,26)/b14-11-. The van der Waals surface area contributed by atoms with Crippen LogP contribution in [0.1, 0.15) is 12.5 Å². The monoisotopic (exact) mass is 460 g/mol. The van der Waals surface area contributed by atoms with E-state index >= 15 is 0 Å². The maximum atomic E-state index is 12.5. The lowest BCUT2D eigenvalue weighted by Gasteiger charge is -2.17. The Bertz CT molecular complexity index is 931. The lowest BCUT2D eigenvalue weighted by molar-refractivity contribution is -0.116. The number of nitrogens with two attached hydrogens (primary N) is 1. The van der Waals surface area contributed by atoms with E-state index in [0.29, 0.717) is 17.1 Å². The van der Waals surface area contributed by atoms with Gasteiger partial charge in [-0.05, 0) is 71.5 Å². The van der Waals surface area contributed by atoms with E-state index in [1.54, 1.807) is 30.3 Å². The molecule has 0 aliphatic rings. The van der Waals surface area contributed by atoms with Crippen LogP contribution in [0.3, 0.4) is 0 Å². The maximum Gasteiger partial charge on any atom is 0.267 e. The van der Waals surface area contributed by atoms with Crippen LogP contribution in [0.2, 0.25) is 0 Å². The molecular weight excluding hydrogens is 443 g/mol. The van der Waals surface area contributed by atoms with Crippen molar-refractivity contribution in [1.29, 1.82) is 5.26 Å². The Morgan fingerprint density at radius 3 is 2.58 bits per heavy atom. The Morgan fingerprint density at radius 1 is 1.27 bits per heavy atom. The number of hydrogen-bond donors (Lipinski definition) is 2. The second-order valence-electron chi connectivity index (χ2n) is 5.55. The number of nitrogens with one attached hydrogen (secondary N) is 1. The van der Waals surface area contributed by atoms with Crippen molar-refractivity contribution in [1.82, 2.24) is 0 Å². The first-order chi connectivity index (χ1) is 12.3. The summed E-state index contributed by atoms with van der Waals surface area (Å²) in [4.78, 5) is 25.7. The van der Waals surface area contributed by atoms with Crippen LogP contribution < -0.4 is 16.0 Å². The summed E-state index contributed by atoms with van der Waals surface area (Å²) in [6, 6.07) is 14.0. The topological polar surface area (TPSA) is 99.2 Å². The predicted molar refractivity (Wildman–Crippen MR) is 110 cm³/mol. The number of anilines is 3. The number of benzene rings is 2. The molecule has 0 aromatic heterocycles. The summed E-state index contributed by atoms with van der Waals surface area (Å²) >= 11 is 2.18. The van der Waals surface area contributed by atoms with Crippen molar-refractivity contribution in [3.63, 3.8) is 0 Å². The van der Waals surface area contributed by atoms with Gasteiger partial charge in [-0.3, -0.25) is 14.5 Å². The van der Waals surface area contributed by atoms with E-state index in [-0.39, 0.29) is 11.5 Å². The van der Waals surface area contributed by atoms with Crippen LogP contribution in [-0.2, 0) is 9.59 Å². The van der Waals surface area contributed by atoms with Crippen LogP contribution in [0.4, 0.5) is 17.1 Å². The van der Waals surface area contributed by atoms with Gasteiger partial charge < -0.3 is 11.1 Å². The number of amides is 2. The fourth-order valence-electron chi connectivity index (χ4n) is 2.25. The zero-order valence-corrected chi connectivity index (χ0v) is 16.4. The highest BCUT2D eigenvalue weighted by atomic mass is 127. The molecule has 0 radical (unpaired) electrons. The molecule has 0 aliphatic heterocycles. The van der Waals surface area contributed by atoms with Gasteiger partial charge in [-0.25, -0.2) is 0 Å². The fraction of sp³-hybridized carbons (Fsp3) is 0.105. The third kappa shape index (κ3) is 4.83. The zero-order valence-electron chi connectivity index (χ0n) is 14.3. The second kappa shape index (κ2) is 8.49. The van der Waals surface area contributed by atoms with Crippen molar-refractivity contribution in [2.24, 2.45) is 0 Å². The first-order valence-corrected chi connectivity index (χ1v) is 8.74. The summed E-state index contributed by atoms with van der Waals surface area (Å²) in [7, 11) is 0. The van der Waals surface area contributed by atoms with Gasteiger partial charge in [0, 0.05) is 28.1 Å². The van der Waals surface area contributed by atoms with Gasteiger partial charge in [-0.1, -0.05) is 6.07 Å². The number of nitrogens with zero attached hydrogens (tertiary/aromatic N) is 2. The molecule has 2 aromatic carbocycles. The van der Waals surface area contributed by atoms with E-state index in [2.05, 4.69) is 27.9 Å². The van der Waals surface area contributed by atoms with Crippen molar-refractivity contribution in [3.05, 3.63) is 63.4 Å². The average molecular weight is 460 g/mol. The molecule has 6 nitrogen and oxygen atoms in total. The Balaban J connectivity index is 2.33. The number of rotatable bonds is 4. The van der Waals surface area contributed by atoms with Crippen molar-refractivity contribution in [2.45, 2.75) is 13.8 Å². The van der Waals surface area contributed by atoms with E-state index in [1.807, 2.05) is 25.1 Å². The highest BCUT2D eigenvalue weighted by molar-refractivity contribution is 14.1. The Kier molecular flexibility index (Phi) is 6.36. The summed E-state index contributed by atoms with van der Waals surface area (Å²) in [5.74, 6) is -0.937. The molecule has 132 valence electrons. The van der Waals surface area contributed by atoms with Gasteiger partial charge in [0.2, 0.25) is 5.91 Å². The molecule has 2 rings (SSSR count). The van der Waals surface area contributed by atoms with Gasteiger partial charge in [0.1, 0.15) is 11.6 Å². The van der Waals surface area contributed by atoms with Crippen LogP contribution in [0.25, 0.3) is 0 Å². The second-order valence-corrected chi connectivity index (χ2v) is 6.80. The normalized spacial score (nSPS) is 10.8. The number of carbonyl (C=O) groups is 2. The van der Waals surface area contributed by atoms with E-state index < -0.39 is 5.91 Å². The van der Waals surface area contributed by atoms with Crippen LogP contribution in [0.5, 0.6) is 0 Å². The van der Waals surface area contributed by atoms with Gasteiger partial charge in [0.25, 0.3) is 5.91 Å². The molecule has 0 saturated heterocycles. The van der Waals surface area contributed by atoms with E-state index in [4.69, 9.17) is 5.73 Å². The molecule has 0 heterocycles. The zero-order chi connectivity index (χ0) is 19.3. The molecule has 0 fully saturated rings. The first-order valence-electron chi connectivity index (χ1n) is 7.66. The smallest absolute Gasteiger partial charge is 0.267 e. The first kappa shape index (κ1) is 19.5. The highest BCUT2D eigenvalue weighted by Crippen LogP contribution is 2.21. The van der Waals surface area contributed by atoms with Gasteiger partial charge in [0.15, 0.2) is 0 Å². The number of aryl methyl sites for hydroxylation is 1. The van der Waals surface area contributed by atoms with Gasteiger partial charge in [-0.15, -0.1) is 0 Å². The van der Waals surface area contributed by atoms with Gasteiger partial charge in [0.05, 0.1) is 5.69 Å². The summed E-state index contributed by atoms with van der Waals surface area (Å²) in [6.45, 7) is 3.21. The number of nitrogen functional groups attached to an aromatic ring is 1. The Labute approximate surface area is 165 Å². The third-order valence-electron chi connectivity index (χ3n) is 3.55. The molecule has 0 atom stereocenters. The van der Waals surface area contributed by atoms with Crippen molar-refractivity contribution < 1.29 is 9.59 Å². The number of carbonyl (C=O) groups excluding carboxylic acids is 2. The van der Waals surface area contributed by atoms with Crippen LogP contribution >= 0.6 is 22.6 Å². The van der Waals surface area contributed by atoms with Crippen molar-refractivity contribution >= 4 is 51.5 Å². The summed E-state index contributed by atoms with van der Waals surface area (Å²) < 4.78 is 1.04. The molecule has 3 N–H and O–H groups in total. The molecule has 2 amide bonds. The minimum atomic E-state index is -0.591. The minimum absolute atomic E-state index is 0.194. The molecular formula is C19H17IN4O2. The lowest BCUT2D eigenvalue weighted by atomic mass is 10.2. The van der Waals surface area contributed by atoms with Crippen molar-refractivity contribution in [2.75, 3.05) is 16.0 Å².